The molecular weight excluding hydrogens is 279 g/mol. The number of methoxy groups -OCH3 is 1. The van der Waals surface area contributed by atoms with Crippen LogP contribution in [0.25, 0.3) is 0 Å². The molecule has 21 heavy (non-hydrogen) atoms. The third kappa shape index (κ3) is 3.41. The van der Waals surface area contributed by atoms with Gasteiger partial charge in [0.15, 0.2) is 11.6 Å². The van der Waals surface area contributed by atoms with Crippen LogP contribution in [0.2, 0.25) is 0 Å². The van der Waals surface area contributed by atoms with Gasteiger partial charge in [0, 0.05) is 25.8 Å². The second-order valence-corrected chi connectivity index (χ2v) is 4.90. The molecule has 1 aliphatic heterocycles. The number of nitrogens with zero attached hydrogens (tertiary/aromatic N) is 2. The zero-order valence-corrected chi connectivity index (χ0v) is 12.2. The van der Waals surface area contributed by atoms with Gasteiger partial charge < -0.3 is 14.4 Å². The van der Waals surface area contributed by atoms with Crippen LogP contribution < -0.4 is 9.64 Å². The third-order valence-corrected chi connectivity index (χ3v) is 3.57. The van der Waals surface area contributed by atoms with Crippen LogP contribution in [0, 0.1) is 15.9 Å². The van der Waals surface area contributed by atoms with E-state index in [0.717, 1.165) is 18.9 Å². The first-order valence-electron chi connectivity index (χ1n) is 6.95. The molecule has 0 N–H and O–H groups in total. The lowest BCUT2D eigenvalue weighted by Crippen LogP contribution is -2.40. The zero-order chi connectivity index (χ0) is 15.4. The third-order valence-electron chi connectivity index (χ3n) is 3.57. The van der Waals surface area contributed by atoms with Gasteiger partial charge in [-0.1, -0.05) is 0 Å². The second-order valence-electron chi connectivity index (χ2n) is 4.90. The van der Waals surface area contributed by atoms with E-state index in [1.54, 1.807) is 0 Å². The van der Waals surface area contributed by atoms with E-state index in [1.807, 2.05) is 11.8 Å². The SMILES string of the molecule is CCO[C@H]1CCCN(c2cc(OC)c(F)cc2[N+](=O)[O-])C1. The summed E-state index contributed by atoms with van der Waals surface area (Å²) in [4.78, 5) is 12.5. The Labute approximate surface area is 122 Å². The molecular formula is C14H19FN2O4. The first-order valence-corrected chi connectivity index (χ1v) is 6.95. The lowest BCUT2D eigenvalue weighted by atomic mass is 10.1. The van der Waals surface area contributed by atoms with Crippen molar-refractivity contribution in [1.82, 2.24) is 0 Å². The van der Waals surface area contributed by atoms with Crippen LogP contribution in [-0.4, -0.2) is 37.8 Å². The van der Waals surface area contributed by atoms with Crippen LogP contribution >= 0.6 is 0 Å². The van der Waals surface area contributed by atoms with Gasteiger partial charge in [0.05, 0.1) is 24.2 Å². The largest absolute Gasteiger partial charge is 0.494 e. The van der Waals surface area contributed by atoms with Gasteiger partial charge in [0.25, 0.3) is 5.69 Å². The highest BCUT2D eigenvalue weighted by Gasteiger charge is 2.27. The van der Waals surface area contributed by atoms with Crippen molar-refractivity contribution in [3.63, 3.8) is 0 Å². The van der Waals surface area contributed by atoms with Gasteiger partial charge in [-0.05, 0) is 19.8 Å². The van der Waals surface area contributed by atoms with Crippen molar-refractivity contribution >= 4 is 11.4 Å². The Bertz CT molecular complexity index is 522. The quantitative estimate of drug-likeness (QED) is 0.618. The van der Waals surface area contributed by atoms with Crippen molar-refractivity contribution in [3.05, 3.63) is 28.1 Å². The van der Waals surface area contributed by atoms with Crippen LogP contribution in [0.4, 0.5) is 15.8 Å². The average Bonchev–Trinajstić information content (AvgIpc) is 2.47. The Morgan fingerprint density at radius 3 is 2.90 bits per heavy atom. The maximum atomic E-state index is 13.7. The van der Waals surface area contributed by atoms with Crippen LogP contribution in [0.15, 0.2) is 12.1 Å². The van der Waals surface area contributed by atoms with E-state index in [1.165, 1.54) is 13.2 Å². The van der Waals surface area contributed by atoms with E-state index in [0.29, 0.717) is 25.4 Å². The minimum Gasteiger partial charge on any atom is -0.494 e. The highest BCUT2D eigenvalue weighted by atomic mass is 19.1. The zero-order valence-electron chi connectivity index (χ0n) is 12.2. The van der Waals surface area contributed by atoms with Gasteiger partial charge in [-0.15, -0.1) is 0 Å². The summed E-state index contributed by atoms with van der Waals surface area (Å²) in [6.45, 7) is 3.76. The number of nitro benzene ring substituents is 1. The Hall–Kier alpha value is -1.89. The molecule has 7 heteroatoms. The van der Waals surface area contributed by atoms with E-state index in [2.05, 4.69) is 0 Å². The van der Waals surface area contributed by atoms with Crippen molar-refractivity contribution in [1.29, 1.82) is 0 Å². The predicted molar refractivity (Wildman–Crippen MR) is 76.5 cm³/mol. The molecule has 1 atom stereocenters. The van der Waals surface area contributed by atoms with Gasteiger partial charge in [-0.2, -0.15) is 0 Å². The van der Waals surface area contributed by atoms with E-state index in [4.69, 9.17) is 9.47 Å². The maximum Gasteiger partial charge on any atom is 0.295 e. The molecule has 1 aromatic carbocycles. The fraction of sp³-hybridized carbons (Fsp3) is 0.571. The summed E-state index contributed by atoms with van der Waals surface area (Å²) in [6.07, 6.45) is 1.84. The summed E-state index contributed by atoms with van der Waals surface area (Å²) in [5, 5.41) is 11.2. The van der Waals surface area contributed by atoms with Crippen LogP contribution in [0.5, 0.6) is 5.75 Å². The highest BCUT2D eigenvalue weighted by molar-refractivity contribution is 5.66. The van der Waals surface area contributed by atoms with Crippen LogP contribution in [-0.2, 0) is 4.74 Å². The molecule has 2 rings (SSSR count). The molecule has 0 spiro atoms. The summed E-state index contributed by atoms with van der Waals surface area (Å²) in [5.41, 5.74) is 0.133. The maximum absolute atomic E-state index is 13.7. The van der Waals surface area contributed by atoms with Crippen molar-refractivity contribution in [2.45, 2.75) is 25.9 Å². The van der Waals surface area contributed by atoms with Crippen LogP contribution in [0.1, 0.15) is 19.8 Å². The number of hydrogen-bond donors (Lipinski definition) is 0. The van der Waals surface area contributed by atoms with Crippen LogP contribution in [0.3, 0.4) is 0 Å². The van der Waals surface area contributed by atoms with Gasteiger partial charge in [-0.25, -0.2) is 4.39 Å². The molecule has 0 radical (unpaired) electrons. The lowest BCUT2D eigenvalue weighted by molar-refractivity contribution is -0.384. The molecule has 0 aromatic heterocycles. The summed E-state index contributed by atoms with van der Waals surface area (Å²) >= 11 is 0. The summed E-state index contributed by atoms with van der Waals surface area (Å²) in [6, 6.07) is 2.31. The van der Waals surface area contributed by atoms with Crippen molar-refractivity contribution in [2.75, 3.05) is 31.7 Å². The minimum absolute atomic E-state index is 0.00846. The number of halogens is 1. The Morgan fingerprint density at radius 2 is 2.29 bits per heavy atom. The molecule has 0 aliphatic carbocycles. The normalized spacial score (nSPS) is 18.6. The van der Waals surface area contributed by atoms with E-state index >= 15 is 0 Å². The number of piperidine rings is 1. The van der Waals surface area contributed by atoms with Crippen molar-refractivity contribution in [2.24, 2.45) is 0 Å². The molecule has 0 saturated carbocycles. The molecule has 0 unspecified atom stereocenters. The summed E-state index contributed by atoms with van der Waals surface area (Å²) < 4.78 is 24.2. The lowest BCUT2D eigenvalue weighted by Gasteiger charge is -2.33. The Morgan fingerprint density at radius 1 is 1.52 bits per heavy atom. The van der Waals surface area contributed by atoms with E-state index in [9.17, 15) is 14.5 Å². The molecule has 0 amide bonds. The molecule has 1 saturated heterocycles. The monoisotopic (exact) mass is 298 g/mol. The Kier molecular flexibility index (Phi) is 4.95. The molecule has 1 aliphatic rings. The smallest absolute Gasteiger partial charge is 0.295 e. The molecule has 1 fully saturated rings. The van der Waals surface area contributed by atoms with E-state index in [-0.39, 0.29) is 17.5 Å². The number of hydrogen-bond acceptors (Lipinski definition) is 5. The minimum atomic E-state index is -0.730. The summed E-state index contributed by atoms with van der Waals surface area (Å²) in [5.74, 6) is -0.722. The number of nitro groups is 1. The number of ether oxygens (including phenoxy) is 2. The fourth-order valence-corrected chi connectivity index (χ4v) is 2.62. The first kappa shape index (κ1) is 15.5. The Balaban J connectivity index is 2.34. The molecule has 1 aromatic rings. The number of anilines is 1. The molecule has 6 nitrogen and oxygen atoms in total. The van der Waals surface area contributed by atoms with Gasteiger partial charge in [0.1, 0.15) is 5.69 Å². The first-order chi connectivity index (χ1) is 10.1. The van der Waals surface area contributed by atoms with Crippen molar-refractivity contribution < 1.29 is 18.8 Å². The standard InChI is InChI=1S/C14H19FN2O4/c1-3-21-10-5-4-6-16(9-10)12-8-14(20-2)11(15)7-13(12)17(18)19/h7-8,10H,3-6,9H2,1-2H3/t10-/m0/s1. The second kappa shape index (κ2) is 6.71. The fourth-order valence-electron chi connectivity index (χ4n) is 2.62. The highest BCUT2D eigenvalue weighted by Crippen LogP contribution is 2.36. The molecule has 0 bridgehead atoms. The number of benzene rings is 1. The van der Waals surface area contributed by atoms with E-state index < -0.39 is 10.7 Å². The predicted octanol–water partition coefficient (Wildman–Crippen LogP) is 2.75. The topological polar surface area (TPSA) is 64.8 Å². The number of rotatable bonds is 5. The van der Waals surface area contributed by atoms with Gasteiger partial charge in [-0.3, -0.25) is 10.1 Å². The molecule has 1 heterocycles. The van der Waals surface area contributed by atoms with Gasteiger partial charge in [0.2, 0.25) is 0 Å². The average molecular weight is 298 g/mol. The van der Waals surface area contributed by atoms with Gasteiger partial charge >= 0.3 is 0 Å². The van der Waals surface area contributed by atoms with Crippen molar-refractivity contribution in [3.8, 4) is 5.75 Å². The molecule has 116 valence electrons. The summed E-state index contributed by atoms with van der Waals surface area (Å²) in [7, 11) is 1.34.